The predicted octanol–water partition coefficient (Wildman–Crippen LogP) is 4.11. The summed E-state index contributed by atoms with van der Waals surface area (Å²) in [6.07, 6.45) is -2.34. The van der Waals surface area contributed by atoms with Crippen molar-refractivity contribution in [3.8, 4) is 6.19 Å². The standard InChI is InChI=1S/C19H17ClF3N3O2S/c20-17-7-6-15(19(21,22)23)10-18(17)29(27,28)26(11-14-4-2-1-3-5-14)16-8-9-25(12-16)13-24/h1-7,10,16H,8-9,11-12H2/t16-/m1/s1. The maximum absolute atomic E-state index is 13.4. The third-order valence-electron chi connectivity index (χ3n) is 4.74. The van der Waals surface area contributed by atoms with Gasteiger partial charge < -0.3 is 4.90 Å². The quantitative estimate of drug-likeness (QED) is 0.652. The molecule has 1 aliphatic heterocycles. The Bertz CT molecular complexity index is 1020. The molecule has 2 aromatic carbocycles. The zero-order valence-corrected chi connectivity index (χ0v) is 16.7. The van der Waals surface area contributed by atoms with Gasteiger partial charge in [0.1, 0.15) is 4.90 Å². The fourth-order valence-corrected chi connectivity index (χ4v) is 5.38. The van der Waals surface area contributed by atoms with E-state index >= 15 is 0 Å². The van der Waals surface area contributed by atoms with Gasteiger partial charge >= 0.3 is 6.18 Å². The zero-order chi connectivity index (χ0) is 21.2. The predicted molar refractivity (Wildman–Crippen MR) is 101 cm³/mol. The molecule has 1 atom stereocenters. The lowest BCUT2D eigenvalue weighted by atomic mass is 10.2. The van der Waals surface area contributed by atoms with Crippen molar-refractivity contribution in [2.75, 3.05) is 13.1 Å². The van der Waals surface area contributed by atoms with Gasteiger partial charge in [-0.2, -0.15) is 22.7 Å². The summed E-state index contributed by atoms with van der Waals surface area (Å²) >= 11 is 6.00. The minimum atomic E-state index is -4.70. The normalized spacial score (nSPS) is 17.5. The van der Waals surface area contributed by atoms with Crippen LogP contribution in [0.5, 0.6) is 0 Å². The van der Waals surface area contributed by atoms with Crippen LogP contribution in [-0.2, 0) is 22.7 Å². The molecule has 154 valence electrons. The van der Waals surface area contributed by atoms with Crippen molar-refractivity contribution in [3.63, 3.8) is 0 Å². The first-order valence-electron chi connectivity index (χ1n) is 8.70. The molecule has 0 N–H and O–H groups in total. The van der Waals surface area contributed by atoms with Gasteiger partial charge in [0.2, 0.25) is 10.0 Å². The molecule has 0 amide bonds. The molecule has 1 saturated heterocycles. The molecule has 3 rings (SSSR count). The summed E-state index contributed by atoms with van der Waals surface area (Å²) < 4.78 is 67.3. The molecule has 10 heteroatoms. The van der Waals surface area contributed by atoms with Crippen molar-refractivity contribution in [1.29, 1.82) is 5.26 Å². The van der Waals surface area contributed by atoms with Crippen molar-refractivity contribution in [2.24, 2.45) is 0 Å². The number of sulfonamides is 1. The summed E-state index contributed by atoms with van der Waals surface area (Å²) in [5.74, 6) is 0. The molecule has 0 radical (unpaired) electrons. The number of hydrogen-bond acceptors (Lipinski definition) is 4. The first-order chi connectivity index (χ1) is 13.6. The Hall–Kier alpha value is -2.28. The second-order valence-electron chi connectivity index (χ2n) is 6.67. The van der Waals surface area contributed by atoms with Gasteiger partial charge in [0, 0.05) is 25.7 Å². The highest BCUT2D eigenvalue weighted by molar-refractivity contribution is 7.89. The number of likely N-dealkylation sites (tertiary alicyclic amines) is 1. The molecule has 0 aliphatic carbocycles. The average Bonchev–Trinajstić information content (AvgIpc) is 3.15. The van der Waals surface area contributed by atoms with Gasteiger partial charge in [0.25, 0.3) is 0 Å². The molecule has 0 bridgehead atoms. The van der Waals surface area contributed by atoms with Gasteiger partial charge in [0.05, 0.1) is 10.6 Å². The number of nitrogens with zero attached hydrogens (tertiary/aromatic N) is 3. The molecule has 0 saturated carbocycles. The van der Waals surface area contributed by atoms with Crippen molar-refractivity contribution < 1.29 is 21.6 Å². The minimum absolute atomic E-state index is 0.0420. The van der Waals surface area contributed by atoms with E-state index in [-0.39, 0.29) is 18.1 Å². The number of alkyl halides is 3. The number of nitriles is 1. The third kappa shape index (κ3) is 4.66. The summed E-state index contributed by atoms with van der Waals surface area (Å²) in [7, 11) is -4.36. The van der Waals surface area contributed by atoms with Gasteiger partial charge in [0.15, 0.2) is 6.19 Å². The minimum Gasteiger partial charge on any atom is -0.309 e. The lowest BCUT2D eigenvalue weighted by molar-refractivity contribution is -0.137. The van der Waals surface area contributed by atoms with Crippen molar-refractivity contribution in [2.45, 2.75) is 30.1 Å². The van der Waals surface area contributed by atoms with Crippen LogP contribution in [0, 0.1) is 11.5 Å². The number of halogens is 4. The average molecular weight is 444 g/mol. The van der Waals surface area contributed by atoms with E-state index < -0.39 is 32.7 Å². The van der Waals surface area contributed by atoms with E-state index in [4.69, 9.17) is 16.9 Å². The van der Waals surface area contributed by atoms with Crippen LogP contribution < -0.4 is 0 Å². The van der Waals surface area contributed by atoms with Gasteiger partial charge in [-0.15, -0.1) is 0 Å². The first-order valence-corrected chi connectivity index (χ1v) is 10.5. The molecule has 29 heavy (non-hydrogen) atoms. The molecular formula is C19H17ClF3N3O2S. The second-order valence-corrected chi connectivity index (χ2v) is 8.93. The van der Waals surface area contributed by atoms with Crippen molar-refractivity contribution >= 4 is 21.6 Å². The molecule has 1 heterocycles. The Labute approximate surface area is 172 Å². The molecule has 0 aromatic heterocycles. The number of rotatable bonds is 5. The fourth-order valence-electron chi connectivity index (χ4n) is 3.25. The Morgan fingerprint density at radius 2 is 1.90 bits per heavy atom. The maximum atomic E-state index is 13.4. The molecule has 2 aromatic rings. The topological polar surface area (TPSA) is 64.4 Å². The van der Waals surface area contributed by atoms with Crippen LogP contribution in [0.2, 0.25) is 5.02 Å². The van der Waals surface area contributed by atoms with E-state index in [0.29, 0.717) is 24.6 Å². The van der Waals surface area contributed by atoms with Crippen LogP contribution in [0.3, 0.4) is 0 Å². The van der Waals surface area contributed by atoms with Crippen LogP contribution in [0.25, 0.3) is 0 Å². The van der Waals surface area contributed by atoms with Gasteiger partial charge in [-0.25, -0.2) is 8.42 Å². The van der Waals surface area contributed by atoms with Crippen LogP contribution in [0.15, 0.2) is 53.4 Å². The van der Waals surface area contributed by atoms with E-state index in [1.54, 1.807) is 30.3 Å². The number of benzene rings is 2. The van der Waals surface area contributed by atoms with E-state index in [9.17, 15) is 21.6 Å². The fraction of sp³-hybridized carbons (Fsp3) is 0.316. The van der Waals surface area contributed by atoms with E-state index in [0.717, 1.165) is 16.4 Å². The Morgan fingerprint density at radius 1 is 1.21 bits per heavy atom. The van der Waals surface area contributed by atoms with Crippen LogP contribution >= 0.6 is 11.6 Å². The maximum Gasteiger partial charge on any atom is 0.416 e. The molecule has 1 fully saturated rings. The summed E-state index contributed by atoms with van der Waals surface area (Å²) in [6.45, 7) is 0.497. The van der Waals surface area contributed by atoms with E-state index in [2.05, 4.69) is 0 Å². The van der Waals surface area contributed by atoms with E-state index in [1.165, 1.54) is 4.90 Å². The first kappa shape index (κ1) is 21.4. The molecular weight excluding hydrogens is 427 g/mol. The molecule has 1 aliphatic rings. The zero-order valence-electron chi connectivity index (χ0n) is 15.1. The van der Waals surface area contributed by atoms with Gasteiger partial charge in [-0.1, -0.05) is 41.9 Å². The summed E-state index contributed by atoms with van der Waals surface area (Å²) in [6, 6.07) is 10.4. The number of hydrogen-bond donors (Lipinski definition) is 0. The Balaban J connectivity index is 2.06. The Kier molecular flexibility index (Phi) is 6.08. The molecule has 5 nitrogen and oxygen atoms in total. The second kappa shape index (κ2) is 8.22. The summed E-state index contributed by atoms with van der Waals surface area (Å²) in [4.78, 5) is 0.826. The lowest BCUT2D eigenvalue weighted by Crippen LogP contribution is -2.41. The third-order valence-corrected chi connectivity index (χ3v) is 7.12. The van der Waals surface area contributed by atoms with Crippen LogP contribution in [0.1, 0.15) is 17.5 Å². The Morgan fingerprint density at radius 3 is 2.48 bits per heavy atom. The highest BCUT2D eigenvalue weighted by atomic mass is 35.5. The molecule has 0 spiro atoms. The monoisotopic (exact) mass is 443 g/mol. The van der Waals surface area contributed by atoms with Crippen molar-refractivity contribution in [3.05, 3.63) is 64.7 Å². The largest absolute Gasteiger partial charge is 0.416 e. The molecule has 0 unspecified atom stereocenters. The van der Waals surface area contributed by atoms with Crippen molar-refractivity contribution in [1.82, 2.24) is 9.21 Å². The van der Waals surface area contributed by atoms with Gasteiger partial charge in [-0.3, -0.25) is 0 Å². The summed E-state index contributed by atoms with van der Waals surface area (Å²) in [5, 5.41) is 8.82. The highest BCUT2D eigenvalue weighted by Gasteiger charge is 2.39. The van der Waals surface area contributed by atoms with Gasteiger partial charge in [-0.05, 0) is 30.2 Å². The summed E-state index contributed by atoms with van der Waals surface area (Å²) in [5.41, 5.74) is -0.417. The highest BCUT2D eigenvalue weighted by Crippen LogP contribution is 2.36. The van der Waals surface area contributed by atoms with Crippen LogP contribution in [-0.4, -0.2) is 36.8 Å². The van der Waals surface area contributed by atoms with E-state index in [1.807, 2.05) is 6.19 Å². The smallest absolute Gasteiger partial charge is 0.309 e. The van der Waals surface area contributed by atoms with Crippen LogP contribution in [0.4, 0.5) is 13.2 Å². The SMILES string of the molecule is N#CN1CC[C@@H](N(Cc2ccccc2)S(=O)(=O)c2cc(C(F)(F)F)ccc2Cl)C1. The lowest BCUT2D eigenvalue weighted by Gasteiger charge is -2.28.